The minimum absolute atomic E-state index is 0.837. The maximum atomic E-state index is 5.48. The zero-order chi connectivity index (χ0) is 8.95. The Balaban J connectivity index is 0. The molecule has 0 fully saturated rings. The average molecular weight is 195 g/mol. The predicted octanol–water partition coefficient (Wildman–Crippen LogP) is 3.55. The van der Waals surface area contributed by atoms with Crippen LogP contribution in [-0.2, 0) is 0 Å². The van der Waals surface area contributed by atoms with E-state index < -0.39 is 0 Å². The maximum absolute atomic E-state index is 5.48. The lowest BCUT2D eigenvalue weighted by Gasteiger charge is -1.92. The first-order chi connectivity index (χ1) is 5.33. The van der Waals surface area contributed by atoms with E-state index in [2.05, 4.69) is 6.92 Å². The van der Waals surface area contributed by atoms with Gasteiger partial charge in [0.05, 0.1) is 0 Å². The van der Waals surface area contributed by atoms with E-state index in [4.69, 9.17) is 11.5 Å². The van der Waals surface area contributed by atoms with E-state index in [1.807, 2.05) is 12.5 Å². The number of hydrogen-bond acceptors (Lipinski definition) is 1. The van der Waals surface area contributed by atoms with Gasteiger partial charge in [-0.05, 0) is 12.5 Å². The molecule has 0 bridgehead atoms. The van der Waals surface area contributed by atoms with Crippen LogP contribution < -0.4 is 0 Å². The third-order valence-corrected chi connectivity index (χ3v) is 1.50. The third kappa shape index (κ3) is 24.9. The van der Waals surface area contributed by atoms with Crippen molar-refractivity contribution in [3.63, 3.8) is 0 Å². The van der Waals surface area contributed by atoms with Crippen molar-refractivity contribution >= 4 is 29.9 Å². The molecule has 0 saturated heterocycles. The van der Waals surface area contributed by atoms with Crippen LogP contribution in [0.5, 0.6) is 0 Å². The molecule has 0 N–H and O–H groups in total. The molecule has 0 atom stereocenters. The largest absolute Gasteiger partial charge is 0.233 e. The van der Waals surface area contributed by atoms with Crippen LogP contribution >= 0.6 is 23.2 Å². The molecular formula is C8H20BClS. The summed E-state index contributed by atoms with van der Waals surface area (Å²) in [5.74, 6) is 0. The van der Waals surface area contributed by atoms with Gasteiger partial charge in [0.2, 0.25) is 6.69 Å². The molecule has 0 saturated carbocycles. The molecule has 3 heteroatoms. The molecule has 11 heavy (non-hydrogen) atoms. The highest BCUT2D eigenvalue weighted by molar-refractivity contribution is 7.97. The number of hydrogen-bond donors (Lipinski definition) is 0. The van der Waals surface area contributed by atoms with Gasteiger partial charge in [0, 0.05) is 0 Å². The Labute approximate surface area is 81.6 Å². The number of rotatable bonds is 5. The topological polar surface area (TPSA) is 0 Å². The van der Waals surface area contributed by atoms with E-state index in [1.54, 1.807) is 11.8 Å². The number of thioether (sulfide) groups is 1. The van der Waals surface area contributed by atoms with Crippen molar-refractivity contribution in [1.82, 2.24) is 0 Å². The summed E-state index contributed by atoms with van der Waals surface area (Å²) in [6, 6.07) is 0. The second kappa shape index (κ2) is 17.0. The number of unbranched alkanes of at least 4 members (excludes halogenated alkanes) is 3. The highest BCUT2D eigenvalue weighted by Gasteiger charge is 1.86. The molecule has 0 aliphatic rings. The first-order valence-corrected chi connectivity index (χ1v) is 6.46. The van der Waals surface area contributed by atoms with E-state index in [0.717, 1.165) is 6.69 Å². The summed E-state index contributed by atoms with van der Waals surface area (Å²) in [5, 5.41) is 0. The van der Waals surface area contributed by atoms with E-state index in [0.29, 0.717) is 0 Å². The fraction of sp³-hybridized carbons (Fsp3) is 1.00. The highest BCUT2D eigenvalue weighted by Crippen LogP contribution is 2.02. The molecule has 68 valence electrons. The quantitative estimate of drug-likeness (QED) is 0.476. The van der Waals surface area contributed by atoms with Crippen molar-refractivity contribution in [3.8, 4) is 0 Å². The normalized spacial score (nSPS) is 8.36. The summed E-state index contributed by atoms with van der Waals surface area (Å²) < 4.78 is 0. The van der Waals surface area contributed by atoms with Gasteiger partial charge in [-0.2, -0.15) is 11.8 Å². The van der Waals surface area contributed by atoms with E-state index in [-0.39, 0.29) is 0 Å². The standard InChI is InChI=1S/C6H14BCl.C2H6S/c1-2-3-4-5-6-7-8;1-3-2/h7H,2-6H2,1H3;1-2H3. The Morgan fingerprint density at radius 2 is 1.73 bits per heavy atom. The zero-order valence-corrected chi connectivity index (χ0v) is 9.60. The van der Waals surface area contributed by atoms with Crippen molar-refractivity contribution < 1.29 is 0 Å². The molecule has 0 rings (SSSR count). The van der Waals surface area contributed by atoms with E-state index in [9.17, 15) is 0 Å². The van der Waals surface area contributed by atoms with Crippen molar-refractivity contribution in [2.75, 3.05) is 12.5 Å². The third-order valence-electron chi connectivity index (χ3n) is 1.24. The van der Waals surface area contributed by atoms with Gasteiger partial charge in [-0.1, -0.05) is 38.9 Å². The number of halogens is 1. The SMILES string of the molecule is CCCCCCBCl.CSC. The van der Waals surface area contributed by atoms with Crippen molar-refractivity contribution in [2.24, 2.45) is 0 Å². The van der Waals surface area contributed by atoms with Gasteiger partial charge in [-0.25, -0.2) is 11.5 Å². The van der Waals surface area contributed by atoms with Crippen molar-refractivity contribution in [3.05, 3.63) is 0 Å². The summed E-state index contributed by atoms with van der Waals surface area (Å²) in [6.07, 6.45) is 10.7. The fourth-order valence-electron chi connectivity index (χ4n) is 0.698. The van der Waals surface area contributed by atoms with Gasteiger partial charge in [0.25, 0.3) is 0 Å². The monoisotopic (exact) mass is 194 g/mol. The van der Waals surface area contributed by atoms with Crippen LogP contribution in [0.3, 0.4) is 0 Å². The van der Waals surface area contributed by atoms with Gasteiger partial charge in [-0.3, -0.25) is 0 Å². The highest BCUT2D eigenvalue weighted by atomic mass is 35.5. The minimum Gasteiger partial charge on any atom is -0.201 e. The van der Waals surface area contributed by atoms with Crippen molar-refractivity contribution in [2.45, 2.75) is 38.9 Å². The molecule has 0 aromatic heterocycles. The van der Waals surface area contributed by atoms with Gasteiger partial charge < -0.3 is 0 Å². The molecule has 0 aromatic carbocycles. The Hall–Kier alpha value is 0.705. The molecule has 0 spiro atoms. The van der Waals surface area contributed by atoms with E-state index >= 15 is 0 Å². The maximum Gasteiger partial charge on any atom is 0.233 e. The van der Waals surface area contributed by atoms with Crippen LogP contribution in [0.15, 0.2) is 0 Å². The van der Waals surface area contributed by atoms with Crippen molar-refractivity contribution in [1.29, 1.82) is 0 Å². The summed E-state index contributed by atoms with van der Waals surface area (Å²) in [4.78, 5) is 0. The fourth-order valence-corrected chi connectivity index (χ4v) is 0.887. The van der Waals surface area contributed by atoms with Gasteiger partial charge in [0.15, 0.2) is 0 Å². The predicted molar refractivity (Wildman–Crippen MR) is 61.4 cm³/mol. The molecule has 0 aliphatic carbocycles. The van der Waals surface area contributed by atoms with E-state index in [1.165, 1.54) is 32.0 Å². The molecule has 0 unspecified atom stereocenters. The summed E-state index contributed by atoms with van der Waals surface area (Å²) >= 11 is 7.23. The molecular weight excluding hydrogens is 174 g/mol. The van der Waals surface area contributed by atoms with Crippen LogP contribution in [0, 0.1) is 0 Å². The lowest BCUT2D eigenvalue weighted by atomic mass is 9.98. The molecule has 0 nitrogen and oxygen atoms in total. The smallest absolute Gasteiger partial charge is 0.201 e. The lowest BCUT2D eigenvalue weighted by molar-refractivity contribution is 0.701. The lowest BCUT2D eigenvalue weighted by Crippen LogP contribution is -1.78. The minimum atomic E-state index is 0.837. The first kappa shape index (κ1) is 14.2. The first-order valence-electron chi connectivity index (χ1n) is 4.29. The molecule has 0 heterocycles. The van der Waals surface area contributed by atoms with Crippen LogP contribution in [0.2, 0.25) is 6.32 Å². The zero-order valence-electron chi connectivity index (χ0n) is 8.03. The van der Waals surface area contributed by atoms with Gasteiger partial charge >= 0.3 is 0 Å². The summed E-state index contributed by atoms with van der Waals surface area (Å²) in [5.41, 5.74) is 0. The summed E-state index contributed by atoms with van der Waals surface area (Å²) in [7, 11) is 0. The van der Waals surface area contributed by atoms with Crippen LogP contribution in [0.4, 0.5) is 0 Å². The van der Waals surface area contributed by atoms with Crippen LogP contribution in [0.1, 0.15) is 32.6 Å². The van der Waals surface area contributed by atoms with Gasteiger partial charge in [0.1, 0.15) is 0 Å². The summed E-state index contributed by atoms with van der Waals surface area (Å²) in [6.45, 7) is 3.06. The second-order valence-corrected chi connectivity index (χ2v) is 3.71. The van der Waals surface area contributed by atoms with Gasteiger partial charge in [-0.15, -0.1) is 0 Å². The molecule has 0 radical (unpaired) electrons. The van der Waals surface area contributed by atoms with Crippen LogP contribution in [0.25, 0.3) is 0 Å². The Morgan fingerprint density at radius 3 is 2.09 bits per heavy atom. The molecule has 0 aromatic rings. The Morgan fingerprint density at radius 1 is 1.18 bits per heavy atom. The molecule has 0 amide bonds. The second-order valence-electron chi connectivity index (χ2n) is 2.51. The van der Waals surface area contributed by atoms with Crippen LogP contribution in [-0.4, -0.2) is 19.2 Å². The Kier molecular flexibility index (Phi) is 22.0. The average Bonchev–Trinajstić information content (AvgIpc) is 2.00. The molecule has 0 aliphatic heterocycles. The Bertz CT molecular complexity index is 47.4.